The van der Waals surface area contributed by atoms with Gasteiger partial charge in [-0.15, -0.1) is 10.2 Å². The summed E-state index contributed by atoms with van der Waals surface area (Å²) < 4.78 is 2.14. The SMILES string of the molecule is CC1NCCn2c(-c3ccccn3)nnc21. The second kappa shape index (κ2) is 3.68. The minimum atomic E-state index is 0.263. The Morgan fingerprint density at radius 3 is 3.12 bits per heavy atom. The maximum atomic E-state index is 4.31. The molecule has 1 unspecified atom stereocenters. The first-order valence-electron chi connectivity index (χ1n) is 5.44. The van der Waals surface area contributed by atoms with Crippen LogP contribution >= 0.6 is 0 Å². The molecule has 3 heterocycles. The predicted octanol–water partition coefficient (Wildman–Crippen LogP) is 1.00. The molecule has 1 aliphatic heterocycles. The van der Waals surface area contributed by atoms with Gasteiger partial charge in [0.1, 0.15) is 11.5 Å². The summed E-state index contributed by atoms with van der Waals surface area (Å²) in [6, 6.07) is 6.10. The van der Waals surface area contributed by atoms with Crippen LogP contribution in [0.3, 0.4) is 0 Å². The van der Waals surface area contributed by atoms with Crippen molar-refractivity contribution in [3.8, 4) is 11.5 Å². The van der Waals surface area contributed by atoms with Gasteiger partial charge in [-0.05, 0) is 19.1 Å². The van der Waals surface area contributed by atoms with Crippen molar-refractivity contribution in [2.45, 2.75) is 19.5 Å². The van der Waals surface area contributed by atoms with Crippen molar-refractivity contribution >= 4 is 0 Å². The van der Waals surface area contributed by atoms with E-state index in [1.54, 1.807) is 6.20 Å². The van der Waals surface area contributed by atoms with Gasteiger partial charge in [-0.1, -0.05) is 6.07 Å². The van der Waals surface area contributed by atoms with Crippen molar-refractivity contribution in [3.63, 3.8) is 0 Å². The van der Waals surface area contributed by atoms with Gasteiger partial charge in [0.15, 0.2) is 5.82 Å². The second-order valence-electron chi connectivity index (χ2n) is 3.92. The quantitative estimate of drug-likeness (QED) is 0.771. The van der Waals surface area contributed by atoms with Crippen LogP contribution in [-0.2, 0) is 6.54 Å². The molecule has 82 valence electrons. The molecule has 0 spiro atoms. The third-order valence-corrected chi connectivity index (χ3v) is 2.85. The Balaban J connectivity index is 2.10. The van der Waals surface area contributed by atoms with Crippen LogP contribution in [0, 0.1) is 0 Å². The third kappa shape index (κ3) is 1.40. The van der Waals surface area contributed by atoms with Gasteiger partial charge in [-0.3, -0.25) is 4.98 Å². The van der Waals surface area contributed by atoms with Crippen LogP contribution < -0.4 is 5.32 Å². The molecule has 0 saturated heterocycles. The molecule has 0 fully saturated rings. The van der Waals surface area contributed by atoms with Crippen molar-refractivity contribution in [2.75, 3.05) is 6.54 Å². The summed E-state index contributed by atoms with van der Waals surface area (Å²) in [6.07, 6.45) is 1.78. The highest BCUT2D eigenvalue weighted by Gasteiger charge is 2.22. The van der Waals surface area contributed by atoms with E-state index in [1.807, 2.05) is 18.2 Å². The Hall–Kier alpha value is -1.75. The highest BCUT2D eigenvalue weighted by atomic mass is 15.3. The second-order valence-corrected chi connectivity index (χ2v) is 3.92. The van der Waals surface area contributed by atoms with E-state index in [4.69, 9.17) is 0 Å². The minimum absolute atomic E-state index is 0.263. The zero-order valence-corrected chi connectivity index (χ0v) is 9.09. The standard InChI is InChI=1S/C11H13N5/c1-8-10-14-15-11(16(10)7-6-12-8)9-4-2-3-5-13-9/h2-5,8,12H,6-7H2,1H3. The summed E-state index contributed by atoms with van der Waals surface area (Å²) in [7, 11) is 0. The van der Waals surface area contributed by atoms with E-state index in [-0.39, 0.29) is 6.04 Å². The van der Waals surface area contributed by atoms with Crippen LogP contribution in [0.1, 0.15) is 18.8 Å². The van der Waals surface area contributed by atoms with E-state index >= 15 is 0 Å². The molecule has 0 saturated carbocycles. The van der Waals surface area contributed by atoms with Gasteiger partial charge in [-0.2, -0.15) is 0 Å². The fourth-order valence-electron chi connectivity index (χ4n) is 2.02. The Bertz CT molecular complexity index is 490. The molecule has 1 atom stereocenters. The van der Waals surface area contributed by atoms with E-state index in [9.17, 15) is 0 Å². The number of hydrogen-bond donors (Lipinski definition) is 1. The van der Waals surface area contributed by atoms with E-state index in [1.165, 1.54) is 0 Å². The molecule has 16 heavy (non-hydrogen) atoms. The molecule has 3 rings (SSSR count). The van der Waals surface area contributed by atoms with Crippen molar-refractivity contribution in [3.05, 3.63) is 30.2 Å². The van der Waals surface area contributed by atoms with Gasteiger partial charge in [0.25, 0.3) is 0 Å². The van der Waals surface area contributed by atoms with Gasteiger partial charge in [0, 0.05) is 19.3 Å². The van der Waals surface area contributed by atoms with Gasteiger partial charge in [-0.25, -0.2) is 0 Å². The van der Waals surface area contributed by atoms with Crippen molar-refractivity contribution in [1.82, 2.24) is 25.1 Å². The molecule has 2 aromatic heterocycles. The Labute approximate surface area is 93.5 Å². The first-order valence-corrected chi connectivity index (χ1v) is 5.44. The van der Waals surface area contributed by atoms with Crippen molar-refractivity contribution < 1.29 is 0 Å². The molecule has 2 aromatic rings. The van der Waals surface area contributed by atoms with Crippen molar-refractivity contribution in [2.24, 2.45) is 0 Å². The number of fused-ring (bicyclic) bond motifs is 1. The summed E-state index contributed by atoms with van der Waals surface area (Å²) in [6.45, 7) is 3.95. The van der Waals surface area contributed by atoms with Crippen LogP contribution in [0.4, 0.5) is 0 Å². The third-order valence-electron chi connectivity index (χ3n) is 2.85. The van der Waals surface area contributed by atoms with Crippen LogP contribution in [0.25, 0.3) is 11.5 Å². The normalized spacial score (nSPS) is 19.4. The maximum absolute atomic E-state index is 4.31. The molecule has 5 heteroatoms. The molecule has 1 aliphatic rings. The first-order chi connectivity index (χ1) is 7.86. The lowest BCUT2D eigenvalue weighted by Gasteiger charge is -2.21. The first kappa shape index (κ1) is 9.47. The van der Waals surface area contributed by atoms with Crippen LogP contribution in [0.5, 0.6) is 0 Å². The number of nitrogens with zero attached hydrogens (tertiary/aromatic N) is 4. The Morgan fingerprint density at radius 2 is 2.31 bits per heavy atom. The highest BCUT2D eigenvalue weighted by Crippen LogP contribution is 2.21. The smallest absolute Gasteiger partial charge is 0.182 e. The Morgan fingerprint density at radius 1 is 1.38 bits per heavy atom. The van der Waals surface area contributed by atoms with Crippen LogP contribution in [0.2, 0.25) is 0 Å². The number of rotatable bonds is 1. The van der Waals surface area contributed by atoms with Gasteiger partial charge < -0.3 is 9.88 Å². The average molecular weight is 215 g/mol. The molecular weight excluding hydrogens is 202 g/mol. The van der Waals surface area contributed by atoms with Crippen LogP contribution in [0.15, 0.2) is 24.4 Å². The molecule has 5 nitrogen and oxygen atoms in total. The van der Waals surface area contributed by atoms with E-state index in [0.717, 1.165) is 30.4 Å². The fraction of sp³-hybridized carbons (Fsp3) is 0.364. The van der Waals surface area contributed by atoms with E-state index < -0.39 is 0 Å². The van der Waals surface area contributed by atoms with Gasteiger partial charge in [0.2, 0.25) is 0 Å². The molecule has 1 N–H and O–H groups in total. The number of pyridine rings is 1. The molecule has 0 aliphatic carbocycles. The summed E-state index contributed by atoms with van der Waals surface area (Å²) in [5.41, 5.74) is 0.885. The monoisotopic (exact) mass is 215 g/mol. The summed E-state index contributed by atoms with van der Waals surface area (Å²) in [5.74, 6) is 1.86. The summed E-state index contributed by atoms with van der Waals surface area (Å²) in [5, 5.41) is 11.8. The predicted molar refractivity (Wildman–Crippen MR) is 59.7 cm³/mol. The van der Waals surface area contributed by atoms with Gasteiger partial charge >= 0.3 is 0 Å². The molecular formula is C11H13N5. The van der Waals surface area contributed by atoms with Crippen molar-refractivity contribution in [1.29, 1.82) is 0 Å². The number of hydrogen-bond acceptors (Lipinski definition) is 4. The van der Waals surface area contributed by atoms with E-state index in [2.05, 4.69) is 32.0 Å². The zero-order chi connectivity index (χ0) is 11.0. The molecule has 0 amide bonds. The topological polar surface area (TPSA) is 55.6 Å². The molecule has 0 bridgehead atoms. The fourth-order valence-corrected chi connectivity index (χ4v) is 2.02. The van der Waals surface area contributed by atoms with E-state index in [0.29, 0.717) is 0 Å². The maximum Gasteiger partial charge on any atom is 0.182 e. The Kier molecular flexibility index (Phi) is 2.18. The lowest BCUT2D eigenvalue weighted by Crippen LogP contribution is -2.32. The summed E-state index contributed by atoms with van der Waals surface area (Å²) in [4.78, 5) is 4.31. The highest BCUT2D eigenvalue weighted by molar-refractivity contribution is 5.49. The van der Waals surface area contributed by atoms with Gasteiger partial charge in [0.05, 0.1) is 6.04 Å². The minimum Gasteiger partial charge on any atom is -0.307 e. The lowest BCUT2D eigenvalue weighted by atomic mass is 10.2. The number of aromatic nitrogens is 4. The molecule has 0 radical (unpaired) electrons. The molecule has 0 aromatic carbocycles. The zero-order valence-electron chi connectivity index (χ0n) is 9.09. The lowest BCUT2D eigenvalue weighted by molar-refractivity contribution is 0.438. The summed E-state index contributed by atoms with van der Waals surface area (Å²) >= 11 is 0. The largest absolute Gasteiger partial charge is 0.307 e. The number of nitrogens with one attached hydrogen (secondary N) is 1. The average Bonchev–Trinajstić information content (AvgIpc) is 2.75. The van der Waals surface area contributed by atoms with Crippen LogP contribution in [-0.4, -0.2) is 26.3 Å².